The van der Waals surface area contributed by atoms with Crippen molar-refractivity contribution in [2.75, 3.05) is 5.43 Å². The van der Waals surface area contributed by atoms with E-state index in [2.05, 4.69) is 17.5 Å². The summed E-state index contributed by atoms with van der Waals surface area (Å²) in [6.45, 7) is 2.22. The van der Waals surface area contributed by atoms with E-state index >= 15 is 0 Å². The summed E-state index contributed by atoms with van der Waals surface area (Å²) in [5, 5.41) is 26.9. The lowest BCUT2D eigenvalue weighted by atomic mass is 9.70. The van der Waals surface area contributed by atoms with Crippen LogP contribution >= 0.6 is 0 Å². The van der Waals surface area contributed by atoms with Crippen molar-refractivity contribution < 1.29 is 9.85 Å². The van der Waals surface area contributed by atoms with Crippen molar-refractivity contribution in [3.05, 3.63) is 38.4 Å². The fourth-order valence-electron chi connectivity index (χ4n) is 5.63. The Morgan fingerprint density at radius 1 is 1.07 bits per heavy atom. The van der Waals surface area contributed by atoms with Crippen molar-refractivity contribution in [3.8, 4) is 0 Å². The molecule has 0 unspecified atom stereocenters. The number of non-ortho nitro benzene ring substituents is 1. The van der Waals surface area contributed by atoms with Crippen LogP contribution < -0.4 is 5.43 Å². The molecule has 5 atom stereocenters. The molecular formula is C20H26N4O4. The first-order valence-corrected chi connectivity index (χ1v) is 10.2. The summed E-state index contributed by atoms with van der Waals surface area (Å²) in [6.07, 6.45) is 8.59. The minimum atomic E-state index is -0.628. The van der Waals surface area contributed by atoms with Gasteiger partial charge in [-0.15, -0.1) is 0 Å². The van der Waals surface area contributed by atoms with Crippen LogP contribution in [0.5, 0.6) is 0 Å². The highest BCUT2D eigenvalue weighted by atomic mass is 16.6. The van der Waals surface area contributed by atoms with Gasteiger partial charge in [-0.3, -0.25) is 25.7 Å². The number of nitro groups is 2. The second-order valence-electron chi connectivity index (χ2n) is 8.76. The molecule has 0 radical (unpaired) electrons. The lowest BCUT2D eigenvalue weighted by Crippen LogP contribution is -2.33. The largest absolute Gasteiger partial charge is 0.301 e. The van der Waals surface area contributed by atoms with Crippen LogP contribution in [0.15, 0.2) is 23.3 Å². The summed E-state index contributed by atoms with van der Waals surface area (Å²) in [5.41, 5.74) is 3.57. The van der Waals surface area contributed by atoms with Crippen molar-refractivity contribution in [1.29, 1.82) is 0 Å². The molecule has 0 amide bonds. The third kappa shape index (κ3) is 3.59. The Morgan fingerprint density at radius 2 is 1.89 bits per heavy atom. The molecule has 1 N–H and O–H groups in total. The Kier molecular flexibility index (Phi) is 5.03. The summed E-state index contributed by atoms with van der Waals surface area (Å²) < 4.78 is 0. The second-order valence-corrected chi connectivity index (χ2v) is 8.76. The van der Waals surface area contributed by atoms with Crippen LogP contribution in [0.3, 0.4) is 0 Å². The van der Waals surface area contributed by atoms with Gasteiger partial charge in [-0.1, -0.05) is 13.3 Å². The molecule has 28 heavy (non-hydrogen) atoms. The van der Waals surface area contributed by atoms with Crippen molar-refractivity contribution in [2.45, 2.75) is 51.9 Å². The minimum absolute atomic E-state index is 0.202. The van der Waals surface area contributed by atoms with Gasteiger partial charge in [0.05, 0.1) is 15.9 Å². The van der Waals surface area contributed by atoms with Gasteiger partial charge >= 0.3 is 5.69 Å². The smallest absolute Gasteiger partial charge is 0.272 e. The van der Waals surface area contributed by atoms with Crippen LogP contribution in [0.25, 0.3) is 0 Å². The average molecular weight is 386 g/mol. The molecule has 3 aliphatic rings. The molecule has 0 spiro atoms. The highest BCUT2D eigenvalue weighted by Crippen LogP contribution is 2.53. The van der Waals surface area contributed by atoms with Gasteiger partial charge in [0.1, 0.15) is 5.69 Å². The van der Waals surface area contributed by atoms with E-state index in [4.69, 9.17) is 0 Å². The Balaban J connectivity index is 1.57. The summed E-state index contributed by atoms with van der Waals surface area (Å²) in [7, 11) is 0. The molecule has 1 aromatic rings. The van der Waals surface area contributed by atoms with E-state index in [9.17, 15) is 20.2 Å². The topological polar surface area (TPSA) is 111 Å². The van der Waals surface area contributed by atoms with E-state index in [0.717, 1.165) is 36.5 Å². The Labute approximate surface area is 163 Å². The van der Waals surface area contributed by atoms with Crippen LogP contribution in [0.4, 0.5) is 17.1 Å². The van der Waals surface area contributed by atoms with Gasteiger partial charge in [0.15, 0.2) is 0 Å². The van der Waals surface area contributed by atoms with E-state index in [1.54, 1.807) is 0 Å². The Hall–Kier alpha value is -2.51. The SMILES string of the molecule is C[C@@H]1CC[C@@H]([C@H]2C[C@H]3CC[C@H]2C3)/C(=N\Nc2ccc([N+](=O)[O-])cc2[N+](=O)[O-])C1. The maximum absolute atomic E-state index is 11.4. The zero-order valence-electron chi connectivity index (χ0n) is 16.0. The van der Waals surface area contributed by atoms with Gasteiger partial charge in [0.2, 0.25) is 0 Å². The summed E-state index contributed by atoms with van der Waals surface area (Å²) in [5.74, 6) is 3.39. The summed E-state index contributed by atoms with van der Waals surface area (Å²) >= 11 is 0. The van der Waals surface area contributed by atoms with Crippen LogP contribution in [-0.4, -0.2) is 15.6 Å². The molecule has 0 heterocycles. The Morgan fingerprint density at radius 3 is 2.54 bits per heavy atom. The third-order valence-electron chi connectivity index (χ3n) is 6.97. The fourth-order valence-corrected chi connectivity index (χ4v) is 5.63. The van der Waals surface area contributed by atoms with E-state index < -0.39 is 9.85 Å². The van der Waals surface area contributed by atoms with Crippen molar-refractivity contribution in [1.82, 2.24) is 0 Å². The summed E-state index contributed by atoms with van der Waals surface area (Å²) in [6, 6.07) is 3.63. The number of hydrogen-bond donors (Lipinski definition) is 1. The predicted molar refractivity (Wildman–Crippen MR) is 106 cm³/mol. The maximum Gasteiger partial charge on any atom is 0.301 e. The first-order chi connectivity index (χ1) is 13.4. The number of hydrogen-bond acceptors (Lipinski definition) is 6. The highest BCUT2D eigenvalue weighted by Gasteiger charge is 2.45. The molecule has 0 aliphatic heterocycles. The number of benzene rings is 1. The van der Waals surface area contributed by atoms with Crippen LogP contribution in [0.1, 0.15) is 51.9 Å². The number of nitrogens with one attached hydrogen (secondary N) is 1. The molecule has 3 fully saturated rings. The normalized spacial score (nSPS) is 33.2. The molecule has 8 nitrogen and oxygen atoms in total. The van der Waals surface area contributed by atoms with Gasteiger partial charge in [-0.05, 0) is 68.3 Å². The van der Waals surface area contributed by atoms with E-state index in [1.807, 2.05) is 0 Å². The van der Waals surface area contributed by atoms with Gasteiger partial charge in [-0.2, -0.15) is 5.10 Å². The number of nitrogens with zero attached hydrogens (tertiary/aromatic N) is 3. The van der Waals surface area contributed by atoms with Crippen LogP contribution in [0, 0.1) is 49.8 Å². The zero-order valence-corrected chi connectivity index (χ0v) is 16.0. The molecule has 4 rings (SSSR count). The van der Waals surface area contributed by atoms with Crippen LogP contribution in [-0.2, 0) is 0 Å². The number of rotatable bonds is 5. The highest BCUT2D eigenvalue weighted by molar-refractivity contribution is 5.89. The Bertz CT molecular complexity index is 824. The third-order valence-corrected chi connectivity index (χ3v) is 6.97. The van der Waals surface area contributed by atoms with E-state index in [0.29, 0.717) is 17.8 Å². The molecule has 2 bridgehead atoms. The molecule has 0 saturated heterocycles. The van der Waals surface area contributed by atoms with Gasteiger partial charge in [0, 0.05) is 17.7 Å². The molecule has 3 saturated carbocycles. The molecule has 150 valence electrons. The van der Waals surface area contributed by atoms with Gasteiger partial charge in [0.25, 0.3) is 5.69 Å². The quantitative estimate of drug-likeness (QED) is 0.556. The molecule has 1 aromatic carbocycles. The first kappa shape index (κ1) is 18.8. The zero-order chi connectivity index (χ0) is 19.8. The summed E-state index contributed by atoms with van der Waals surface area (Å²) in [4.78, 5) is 21.0. The minimum Gasteiger partial charge on any atom is -0.272 e. The number of hydrazone groups is 1. The van der Waals surface area contributed by atoms with Gasteiger partial charge < -0.3 is 0 Å². The van der Waals surface area contributed by atoms with Crippen LogP contribution in [0.2, 0.25) is 0 Å². The van der Waals surface area contributed by atoms with Gasteiger partial charge in [-0.25, -0.2) is 0 Å². The molecule has 8 heteroatoms. The monoisotopic (exact) mass is 386 g/mol. The number of fused-ring (bicyclic) bond motifs is 2. The predicted octanol–water partition coefficient (Wildman–Crippen LogP) is 5.14. The van der Waals surface area contributed by atoms with E-state index in [1.165, 1.54) is 44.2 Å². The fraction of sp³-hybridized carbons (Fsp3) is 0.650. The molecular weight excluding hydrogens is 360 g/mol. The lowest BCUT2D eigenvalue weighted by Gasteiger charge is -2.36. The molecule has 0 aromatic heterocycles. The number of anilines is 1. The maximum atomic E-state index is 11.4. The lowest BCUT2D eigenvalue weighted by molar-refractivity contribution is -0.393. The second kappa shape index (κ2) is 7.48. The number of nitro benzene ring substituents is 2. The molecule has 3 aliphatic carbocycles. The standard InChI is InChI=1S/C20H26N4O4/c1-12-2-6-16(17-10-13-3-4-14(17)9-13)19(8-12)22-21-18-7-5-15(23(25)26)11-20(18)24(27)28/h5,7,11-14,16-17,21H,2-4,6,8-10H2,1H3/b22-19-/t12-,13+,14+,16+,17+/m1/s1. The average Bonchev–Trinajstić information content (AvgIpc) is 3.29. The first-order valence-electron chi connectivity index (χ1n) is 10.2. The van der Waals surface area contributed by atoms with E-state index in [-0.39, 0.29) is 17.1 Å². The van der Waals surface area contributed by atoms with Crippen molar-refractivity contribution in [3.63, 3.8) is 0 Å². The van der Waals surface area contributed by atoms with Crippen molar-refractivity contribution in [2.24, 2.45) is 34.7 Å². The van der Waals surface area contributed by atoms with Crippen molar-refractivity contribution >= 4 is 22.8 Å².